The summed E-state index contributed by atoms with van der Waals surface area (Å²) in [4.78, 5) is 9.54. The largest absolute Gasteiger partial charge is 0.472 e. The van der Waals surface area contributed by atoms with Gasteiger partial charge in [0.1, 0.15) is 0 Å². The molecule has 0 aliphatic carbocycles. The number of rotatable bonds is 8. The van der Waals surface area contributed by atoms with Crippen LogP contribution in [0.3, 0.4) is 0 Å². The molecular weight excluding hydrogens is 449 g/mol. The summed E-state index contributed by atoms with van der Waals surface area (Å²) in [6.07, 6.45) is -1.65. The minimum atomic E-state index is -2.53. The molecule has 0 unspecified atom stereocenters. The second-order valence-electron chi connectivity index (χ2n) is 4.63. The topological polar surface area (TPSA) is 72.5 Å². The second kappa shape index (κ2) is 11.1. The Hall–Kier alpha value is -1.49. The van der Waals surface area contributed by atoms with E-state index >= 15 is 0 Å². The summed E-state index contributed by atoms with van der Waals surface area (Å²) in [5.41, 5.74) is 6.38. The number of aromatic nitrogens is 1. The van der Waals surface area contributed by atoms with E-state index in [1.165, 1.54) is 10.9 Å². The summed E-state index contributed by atoms with van der Waals surface area (Å²) < 4.78 is 29.1. The number of nitrogens with two attached hydrogens (primary N) is 1. The molecular formula is C15H19F2IN4OS. The number of aliphatic imine (C=N–C) groups is 1. The van der Waals surface area contributed by atoms with Crippen LogP contribution in [0.4, 0.5) is 8.78 Å². The first kappa shape index (κ1) is 20.6. The van der Waals surface area contributed by atoms with E-state index < -0.39 is 13.0 Å². The summed E-state index contributed by atoms with van der Waals surface area (Å²) in [5.74, 6) is 0.476. The Bertz CT molecular complexity index is 626. The van der Waals surface area contributed by atoms with Crippen LogP contribution in [0, 0.1) is 0 Å². The molecule has 0 spiro atoms. The Morgan fingerprint density at radius 1 is 1.33 bits per heavy atom. The van der Waals surface area contributed by atoms with E-state index in [-0.39, 0.29) is 36.4 Å². The molecule has 2 aromatic heterocycles. The van der Waals surface area contributed by atoms with Gasteiger partial charge in [0.25, 0.3) is 6.43 Å². The standard InChI is InChI=1S/C15H18F2N4OS.HI/c16-13(17)10-22-14-5-1-3-11(21-14)9-20-15(18)19-7-6-12-4-2-8-23-12;/h1-5,8,13H,6-7,9-10H2,(H3,18,19,20);1H. The first-order valence-electron chi connectivity index (χ1n) is 7.06. The third kappa shape index (κ3) is 7.86. The Morgan fingerprint density at radius 2 is 2.17 bits per heavy atom. The van der Waals surface area contributed by atoms with Crippen molar-refractivity contribution in [3.8, 4) is 5.88 Å². The van der Waals surface area contributed by atoms with Crippen molar-refractivity contribution in [1.29, 1.82) is 0 Å². The monoisotopic (exact) mass is 468 g/mol. The third-order valence-corrected chi connectivity index (χ3v) is 3.74. The van der Waals surface area contributed by atoms with Crippen molar-refractivity contribution in [1.82, 2.24) is 10.3 Å². The van der Waals surface area contributed by atoms with Crippen LogP contribution in [0.2, 0.25) is 0 Å². The van der Waals surface area contributed by atoms with Crippen LogP contribution < -0.4 is 15.8 Å². The van der Waals surface area contributed by atoms with Crippen LogP contribution >= 0.6 is 35.3 Å². The fourth-order valence-corrected chi connectivity index (χ4v) is 2.47. The van der Waals surface area contributed by atoms with Gasteiger partial charge in [0.15, 0.2) is 12.6 Å². The zero-order valence-electron chi connectivity index (χ0n) is 12.8. The predicted molar refractivity (Wildman–Crippen MR) is 103 cm³/mol. The molecule has 0 saturated carbocycles. The van der Waals surface area contributed by atoms with Crippen molar-refractivity contribution in [3.05, 3.63) is 46.3 Å². The number of hydrogen-bond donors (Lipinski definition) is 2. The van der Waals surface area contributed by atoms with Crippen LogP contribution in [-0.2, 0) is 13.0 Å². The van der Waals surface area contributed by atoms with E-state index in [4.69, 9.17) is 10.5 Å². The van der Waals surface area contributed by atoms with Gasteiger partial charge in [-0.05, 0) is 23.9 Å². The van der Waals surface area contributed by atoms with Crippen LogP contribution in [-0.4, -0.2) is 30.5 Å². The third-order valence-electron chi connectivity index (χ3n) is 2.81. The lowest BCUT2D eigenvalue weighted by Crippen LogP contribution is -2.33. The summed E-state index contributed by atoms with van der Waals surface area (Å²) in [5, 5.41) is 5.05. The van der Waals surface area contributed by atoms with Gasteiger partial charge in [-0.1, -0.05) is 12.1 Å². The molecule has 0 bridgehead atoms. The first-order chi connectivity index (χ1) is 11.1. The van der Waals surface area contributed by atoms with Crippen molar-refractivity contribution in [3.63, 3.8) is 0 Å². The number of alkyl halides is 2. The number of thiophene rings is 1. The molecule has 0 aliphatic rings. The fraction of sp³-hybridized carbons (Fsp3) is 0.333. The number of nitrogens with zero attached hydrogens (tertiary/aromatic N) is 2. The number of nitrogens with one attached hydrogen (secondary N) is 1. The Morgan fingerprint density at radius 3 is 2.88 bits per heavy atom. The Kier molecular flexibility index (Phi) is 9.53. The molecule has 2 rings (SSSR count). The maximum Gasteiger partial charge on any atom is 0.272 e. The summed E-state index contributed by atoms with van der Waals surface area (Å²) in [7, 11) is 0. The van der Waals surface area contributed by atoms with Crippen molar-refractivity contribution in [2.45, 2.75) is 19.4 Å². The molecule has 0 amide bonds. The van der Waals surface area contributed by atoms with Crippen molar-refractivity contribution >= 4 is 41.3 Å². The van der Waals surface area contributed by atoms with E-state index in [1.54, 1.807) is 23.5 Å². The highest BCUT2D eigenvalue weighted by Crippen LogP contribution is 2.10. The van der Waals surface area contributed by atoms with Gasteiger partial charge < -0.3 is 15.8 Å². The molecule has 0 radical (unpaired) electrons. The predicted octanol–water partition coefficient (Wildman–Crippen LogP) is 3.05. The number of hydrogen-bond acceptors (Lipinski definition) is 4. The van der Waals surface area contributed by atoms with E-state index in [1.807, 2.05) is 11.4 Å². The van der Waals surface area contributed by atoms with Crippen LogP contribution in [0.5, 0.6) is 5.88 Å². The molecule has 5 nitrogen and oxygen atoms in total. The second-order valence-corrected chi connectivity index (χ2v) is 5.66. The first-order valence-corrected chi connectivity index (χ1v) is 7.94. The number of halogens is 3. The fourth-order valence-electron chi connectivity index (χ4n) is 1.77. The summed E-state index contributed by atoms with van der Waals surface area (Å²) >= 11 is 1.70. The Balaban J connectivity index is 0.00000288. The summed E-state index contributed by atoms with van der Waals surface area (Å²) in [6, 6.07) is 9.01. The molecule has 3 N–H and O–H groups in total. The van der Waals surface area contributed by atoms with Gasteiger partial charge in [-0.25, -0.2) is 18.8 Å². The van der Waals surface area contributed by atoms with Gasteiger partial charge in [0, 0.05) is 17.5 Å². The lowest BCUT2D eigenvalue weighted by molar-refractivity contribution is 0.0795. The lowest BCUT2D eigenvalue weighted by Gasteiger charge is -2.06. The lowest BCUT2D eigenvalue weighted by atomic mass is 10.3. The van der Waals surface area contributed by atoms with E-state index in [2.05, 4.69) is 21.4 Å². The summed E-state index contributed by atoms with van der Waals surface area (Å²) in [6.45, 7) is 0.274. The number of guanidine groups is 1. The highest BCUT2D eigenvalue weighted by molar-refractivity contribution is 14.0. The van der Waals surface area contributed by atoms with E-state index in [9.17, 15) is 8.78 Å². The Labute approximate surface area is 160 Å². The van der Waals surface area contributed by atoms with Crippen LogP contribution in [0.25, 0.3) is 0 Å². The molecule has 0 atom stereocenters. The van der Waals surface area contributed by atoms with Gasteiger partial charge >= 0.3 is 0 Å². The van der Waals surface area contributed by atoms with E-state index in [0.717, 1.165) is 6.42 Å². The average molecular weight is 468 g/mol. The molecule has 2 aromatic rings. The highest BCUT2D eigenvalue weighted by Gasteiger charge is 2.05. The van der Waals surface area contributed by atoms with Crippen LogP contribution in [0.15, 0.2) is 40.7 Å². The maximum absolute atomic E-state index is 12.1. The minimum Gasteiger partial charge on any atom is -0.472 e. The molecule has 0 fully saturated rings. The van der Waals surface area contributed by atoms with Crippen molar-refractivity contribution in [2.24, 2.45) is 10.7 Å². The molecule has 132 valence electrons. The maximum atomic E-state index is 12.1. The van der Waals surface area contributed by atoms with Crippen molar-refractivity contribution in [2.75, 3.05) is 13.2 Å². The van der Waals surface area contributed by atoms with Crippen molar-refractivity contribution < 1.29 is 13.5 Å². The van der Waals surface area contributed by atoms with E-state index in [0.29, 0.717) is 18.2 Å². The molecule has 9 heteroatoms. The smallest absolute Gasteiger partial charge is 0.272 e. The zero-order chi connectivity index (χ0) is 16.5. The quantitative estimate of drug-likeness (QED) is 0.355. The minimum absolute atomic E-state index is 0. The van der Waals surface area contributed by atoms with Gasteiger partial charge in [-0.2, -0.15) is 0 Å². The molecule has 0 aromatic carbocycles. The number of pyridine rings is 1. The van der Waals surface area contributed by atoms with Gasteiger partial charge in [0.2, 0.25) is 5.88 Å². The highest BCUT2D eigenvalue weighted by atomic mass is 127. The zero-order valence-corrected chi connectivity index (χ0v) is 16.0. The SMILES string of the molecule is I.NC(=NCc1cccc(OCC(F)F)n1)NCCc1cccs1. The normalized spacial score (nSPS) is 11.2. The number of ether oxygens (including phenoxy) is 1. The molecule has 0 aliphatic heterocycles. The van der Waals surface area contributed by atoms with Gasteiger partial charge in [0.05, 0.1) is 12.2 Å². The van der Waals surface area contributed by atoms with Gasteiger partial charge in [-0.15, -0.1) is 35.3 Å². The molecule has 24 heavy (non-hydrogen) atoms. The van der Waals surface area contributed by atoms with Crippen LogP contribution in [0.1, 0.15) is 10.6 Å². The molecule has 2 heterocycles. The average Bonchev–Trinajstić information content (AvgIpc) is 3.05. The molecule has 0 saturated heterocycles. The van der Waals surface area contributed by atoms with Gasteiger partial charge in [-0.3, -0.25) is 0 Å².